The van der Waals surface area contributed by atoms with Gasteiger partial charge in [0.2, 0.25) is 0 Å². The normalized spacial score (nSPS) is 10.4. The van der Waals surface area contributed by atoms with E-state index in [1.807, 2.05) is 6.92 Å². The SMILES string of the molecule is CCOc1ccc2c(=O)ccoc2c1. The third-order valence-electron chi connectivity index (χ3n) is 1.94. The number of hydrogen-bond donors (Lipinski definition) is 0. The molecule has 0 fully saturated rings. The maximum absolute atomic E-state index is 11.3. The Bertz CT molecular complexity index is 499. The Morgan fingerprint density at radius 3 is 3.00 bits per heavy atom. The molecule has 0 N–H and O–H groups in total. The van der Waals surface area contributed by atoms with Gasteiger partial charge in [0, 0.05) is 12.1 Å². The first-order chi connectivity index (χ1) is 6.81. The van der Waals surface area contributed by atoms with Crippen molar-refractivity contribution in [2.45, 2.75) is 6.92 Å². The average molecular weight is 190 g/mol. The number of benzene rings is 1. The highest BCUT2D eigenvalue weighted by atomic mass is 16.5. The van der Waals surface area contributed by atoms with Crippen LogP contribution < -0.4 is 10.2 Å². The third-order valence-corrected chi connectivity index (χ3v) is 1.94. The van der Waals surface area contributed by atoms with Crippen LogP contribution >= 0.6 is 0 Å². The Hall–Kier alpha value is -1.77. The predicted octanol–water partition coefficient (Wildman–Crippen LogP) is 2.19. The van der Waals surface area contributed by atoms with Crippen molar-refractivity contribution >= 4 is 11.0 Å². The largest absolute Gasteiger partial charge is 0.494 e. The summed E-state index contributed by atoms with van der Waals surface area (Å²) in [5.41, 5.74) is 0.526. The van der Waals surface area contributed by atoms with E-state index in [4.69, 9.17) is 9.15 Å². The molecule has 2 rings (SSSR count). The maximum Gasteiger partial charge on any atom is 0.192 e. The summed E-state index contributed by atoms with van der Waals surface area (Å²) in [4.78, 5) is 11.3. The van der Waals surface area contributed by atoms with Gasteiger partial charge in [-0.2, -0.15) is 0 Å². The predicted molar refractivity (Wildman–Crippen MR) is 53.7 cm³/mol. The van der Waals surface area contributed by atoms with Crippen LogP contribution in [-0.4, -0.2) is 6.61 Å². The van der Waals surface area contributed by atoms with E-state index < -0.39 is 0 Å². The van der Waals surface area contributed by atoms with E-state index >= 15 is 0 Å². The minimum absolute atomic E-state index is 0.0331. The van der Waals surface area contributed by atoms with Gasteiger partial charge in [0.25, 0.3) is 0 Å². The van der Waals surface area contributed by atoms with Gasteiger partial charge in [-0.15, -0.1) is 0 Å². The van der Waals surface area contributed by atoms with E-state index in [9.17, 15) is 4.79 Å². The van der Waals surface area contributed by atoms with Gasteiger partial charge in [-0.3, -0.25) is 4.79 Å². The molecule has 0 aliphatic heterocycles. The summed E-state index contributed by atoms with van der Waals surface area (Å²) >= 11 is 0. The van der Waals surface area contributed by atoms with E-state index in [-0.39, 0.29) is 5.43 Å². The Morgan fingerprint density at radius 2 is 2.21 bits per heavy atom. The first-order valence-electron chi connectivity index (χ1n) is 4.45. The summed E-state index contributed by atoms with van der Waals surface area (Å²) in [7, 11) is 0. The van der Waals surface area contributed by atoms with Gasteiger partial charge in [0.05, 0.1) is 18.3 Å². The third kappa shape index (κ3) is 1.48. The summed E-state index contributed by atoms with van der Waals surface area (Å²) in [5.74, 6) is 0.717. The monoisotopic (exact) mass is 190 g/mol. The van der Waals surface area contributed by atoms with Crippen molar-refractivity contribution in [3.8, 4) is 5.75 Å². The van der Waals surface area contributed by atoms with Crippen LogP contribution in [0.1, 0.15) is 6.92 Å². The number of hydrogen-bond acceptors (Lipinski definition) is 3. The first kappa shape index (κ1) is 8.81. The molecule has 1 aromatic heterocycles. The van der Waals surface area contributed by atoms with Gasteiger partial charge in [0.1, 0.15) is 11.3 Å². The second-order valence-corrected chi connectivity index (χ2v) is 2.88. The van der Waals surface area contributed by atoms with Crippen LogP contribution in [0.3, 0.4) is 0 Å². The molecular formula is C11H10O3. The fourth-order valence-electron chi connectivity index (χ4n) is 1.32. The minimum atomic E-state index is -0.0331. The van der Waals surface area contributed by atoms with Crippen LogP contribution in [0.15, 0.2) is 39.7 Å². The summed E-state index contributed by atoms with van der Waals surface area (Å²) in [6, 6.07) is 6.61. The van der Waals surface area contributed by atoms with Gasteiger partial charge in [0.15, 0.2) is 5.43 Å². The molecule has 0 spiro atoms. The number of rotatable bonds is 2. The van der Waals surface area contributed by atoms with Gasteiger partial charge in [-0.05, 0) is 19.1 Å². The highest BCUT2D eigenvalue weighted by Crippen LogP contribution is 2.17. The highest BCUT2D eigenvalue weighted by molar-refractivity contribution is 5.77. The van der Waals surface area contributed by atoms with Crippen molar-refractivity contribution < 1.29 is 9.15 Å². The van der Waals surface area contributed by atoms with E-state index in [0.717, 1.165) is 0 Å². The molecule has 0 unspecified atom stereocenters. The topological polar surface area (TPSA) is 39.4 Å². The molecule has 3 heteroatoms. The molecule has 0 aliphatic rings. The van der Waals surface area contributed by atoms with Crippen LogP contribution in [0.2, 0.25) is 0 Å². The lowest BCUT2D eigenvalue weighted by Gasteiger charge is -2.02. The van der Waals surface area contributed by atoms with Gasteiger partial charge in [-0.25, -0.2) is 0 Å². The Balaban J connectivity index is 2.61. The summed E-state index contributed by atoms with van der Waals surface area (Å²) in [5, 5.41) is 0.580. The number of ether oxygens (including phenoxy) is 1. The second kappa shape index (κ2) is 3.54. The van der Waals surface area contributed by atoms with Crippen LogP contribution in [0.4, 0.5) is 0 Å². The average Bonchev–Trinajstić information content (AvgIpc) is 2.18. The van der Waals surface area contributed by atoms with Crippen LogP contribution in [-0.2, 0) is 0 Å². The number of fused-ring (bicyclic) bond motifs is 1. The molecule has 1 heterocycles. The van der Waals surface area contributed by atoms with E-state index in [2.05, 4.69) is 0 Å². The van der Waals surface area contributed by atoms with Crippen LogP contribution in [0.25, 0.3) is 11.0 Å². The molecular weight excluding hydrogens is 180 g/mol. The molecule has 0 aliphatic carbocycles. The maximum atomic E-state index is 11.3. The lowest BCUT2D eigenvalue weighted by Crippen LogP contribution is -1.98. The van der Waals surface area contributed by atoms with Gasteiger partial charge in [-0.1, -0.05) is 0 Å². The van der Waals surface area contributed by atoms with Crippen molar-refractivity contribution in [3.63, 3.8) is 0 Å². The summed E-state index contributed by atoms with van der Waals surface area (Å²) < 4.78 is 10.5. The molecule has 0 saturated carbocycles. The van der Waals surface area contributed by atoms with Crippen LogP contribution in [0, 0.1) is 0 Å². The zero-order valence-corrected chi connectivity index (χ0v) is 7.82. The smallest absolute Gasteiger partial charge is 0.192 e. The first-order valence-corrected chi connectivity index (χ1v) is 4.45. The molecule has 3 nitrogen and oxygen atoms in total. The van der Waals surface area contributed by atoms with Crippen molar-refractivity contribution in [1.29, 1.82) is 0 Å². The fourth-order valence-corrected chi connectivity index (χ4v) is 1.32. The standard InChI is InChI=1S/C11H10O3/c1-2-13-8-3-4-9-10(12)5-6-14-11(9)7-8/h3-7H,2H2,1H3. The quantitative estimate of drug-likeness (QED) is 0.728. The van der Waals surface area contributed by atoms with E-state index in [0.29, 0.717) is 23.3 Å². The van der Waals surface area contributed by atoms with E-state index in [1.165, 1.54) is 12.3 Å². The van der Waals surface area contributed by atoms with Crippen molar-refractivity contribution in [2.75, 3.05) is 6.61 Å². The molecule has 14 heavy (non-hydrogen) atoms. The lowest BCUT2D eigenvalue weighted by atomic mass is 10.2. The van der Waals surface area contributed by atoms with E-state index in [1.54, 1.807) is 18.2 Å². The van der Waals surface area contributed by atoms with Crippen molar-refractivity contribution in [1.82, 2.24) is 0 Å². The zero-order valence-electron chi connectivity index (χ0n) is 7.82. The minimum Gasteiger partial charge on any atom is -0.494 e. The van der Waals surface area contributed by atoms with Crippen molar-refractivity contribution in [3.05, 3.63) is 40.8 Å². The molecule has 2 aromatic rings. The zero-order chi connectivity index (χ0) is 9.97. The molecule has 0 atom stereocenters. The molecule has 0 saturated heterocycles. The van der Waals surface area contributed by atoms with Crippen LogP contribution in [0.5, 0.6) is 5.75 Å². The Kier molecular flexibility index (Phi) is 2.23. The fraction of sp³-hybridized carbons (Fsp3) is 0.182. The Labute approximate surface area is 80.9 Å². The Morgan fingerprint density at radius 1 is 1.36 bits per heavy atom. The second-order valence-electron chi connectivity index (χ2n) is 2.88. The molecule has 0 amide bonds. The van der Waals surface area contributed by atoms with Gasteiger partial charge >= 0.3 is 0 Å². The lowest BCUT2D eigenvalue weighted by molar-refractivity contribution is 0.340. The van der Waals surface area contributed by atoms with Gasteiger partial charge < -0.3 is 9.15 Å². The molecule has 72 valence electrons. The molecule has 1 aromatic carbocycles. The highest BCUT2D eigenvalue weighted by Gasteiger charge is 2.01. The summed E-state index contributed by atoms with van der Waals surface area (Å²) in [6.07, 6.45) is 1.39. The van der Waals surface area contributed by atoms with Crippen molar-refractivity contribution in [2.24, 2.45) is 0 Å². The molecule has 0 radical (unpaired) electrons. The summed E-state index contributed by atoms with van der Waals surface area (Å²) in [6.45, 7) is 2.51. The molecule has 0 bridgehead atoms.